The van der Waals surface area contributed by atoms with Gasteiger partial charge < -0.3 is 20.4 Å². The van der Waals surface area contributed by atoms with Crippen LogP contribution in [0.5, 0.6) is 0 Å². The van der Waals surface area contributed by atoms with Crippen LogP contribution in [0, 0.1) is 5.92 Å². The molecule has 14 heteroatoms. The Labute approximate surface area is 169 Å². The van der Waals surface area contributed by atoms with Gasteiger partial charge in [0, 0.05) is 18.5 Å². The SMILES string of the molecule is CC(=O)C[C@H]1[C@@H](O)[C@H](n2cnc3c(=O)[nH]c(N)nc32)O[C@@H]1CO[P+](=O)n1ccnc1. The third-order valence-electron chi connectivity index (χ3n) is 4.80. The molecule has 0 spiro atoms. The number of nitrogens with two attached hydrogens (primary N) is 1. The highest BCUT2D eigenvalue weighted by Crippen LogP contribution is 2.38. The van der Waals surface area contributed by atoms with Crippen molar-refractivity contribution < 1.29 is 23.7 Å². The Hall–Kier alpha value is -2.99. The Bertz CT molecular complexity index is 1140. The number of hydrogen-bond acceptors (Lipinski definition) is 10. The molecule has 4 N–H and O–H groups in total. The molecule has 4 heterocycles. The number of hydrogen-bond donors (Lipinski definition) is 3. The Morgan fingerprint density at radius 2 is 2.27 bits per heavy atom. The standard InChI is InChI=1S/C16H18N7O6P/c1-8(24)4-9-10(5-28-30(27)22-3-2-18-6-22)29-15(12(9)25)23-7-19-11-13(23)20-16(17)21-14(11)26/h2-3,6-7,9-10,12,15,25H,4-5H2,1H3,(H2-,17,20,21,26)/p+1/t9-,10-,12-,15-/m1/s1. The quantitative estimate of drug-likeness (QED) is 0.426. The minimum atomic E-state index is -2.24. The van der Waals surface area contributed by atoms with Gasteiger partial charge in [-0.2, -0.15) is 4.98 Å². The van der Waals surface area contributed by atoms with Crippen molar-refractivity contribution >= 4 is 31.1 Å². The number of aromatic amines is 1. The van der Waals surface area contributed by atoms with E-state index in [2.05, 4.69) is 19.9 Å². The molecule has 1 unspecified atom stereocenters. The van der Waals surface area contributed by atoms with Crippen LogP contribution in [-0.4, -0.2) is 58.5 Å². The Morgan fingerprint density at radius 3 is 2.97 bits per heavy atom. The number of fused-ring (bicyclic) bond motifs is 1. The number of Topliss-reactive ketones (excluding diaryl/α,β-unsaturated/α-hetero) is 1. The highest BCUT2D eigenvalue weighted by molar-refractivity contribution is 7.37. The fourth-order valence-corrected chi connectivity index (χ4v) is 4.17. The molecule has 1 fully saturated rings. The van der Waals surface area contributed by atoms with Crippen LogP contribution in [0.2, 0.25) is 0 Å². The van der Waals surface area contributed by atoms with E-state index in [0.717, 1.165) is 0 Å². The summed E-state index contributed by atoms with van der Waals surface area (Å²) in [6.07, 6.45) is 2.77. The number of ketones is 1. The summed E-state index contributed by atoms with van der Waals surface area (Å²) in [4.78, 5) is 38.0. The van der Waals surface area contributed by atoms with E-state index in [-0.39, 0.29) is 35.9 Å². The van der Waals surface area contributed by atoms with Gasteiger partial charge in [-0.15, -0.1) is 8.86 Å². The van der Waals surface area contributed by atoms with E-state index in [0.29, 0.717) is 0 Å². The van der Waals surface area contributed by atoms with Gasteiger partial charge in [0.2, 0.25) is 5.95 Å². The van der Waals surface area contributed by atoms with Gasteiger partial charge >= 0.3 is 8.18 Å². The van der Waals surface area contributed by atoms with Crippen molar-refractivity contribution in [1.82, 2.24) is 28.8 Å². The average molecular weight is 436 g/mol. The molecule has 158 valence electrons. The lowest BCUT2D eigenvalue weighted by Crippen LogP contribution is -2.30. The zero-order valence-electron chi connectivity index (χ0n) is 15.8. The molecule has 3 aromatic heterocycles. The predicted molar refractivity (Wildman–Crippen MR) is 102 cm³/mol. The molecule has 0 bridgehead atoms. The van der Waals surface area contributed by atoms with Gasteiger partial charge in [-0.25, -0.2) is 9.97 Å². The van der Waals surface area contributed by atoms with Crippen LogP contribution in [0.4, 0.5) is 5.95 Å². The van der Waals surface area contributed by atoms with E-state index in [1.165, 1.54) is 40.9 Å². The molecular formula is C16H19N7O6P+. The van der Waals surface area contributed by atoms with Crippen LogP contribution in [0.1, 0.15) is 19.6 Å². The highest BCUT2D eigenvalue weighted by Gasteiger charge is 2.47. The second-order valence-electron chi connectivity index (χ2n) is 6.88. The van der Waals surface area contributed by atoms with Crippen molar-refractivity contribution in [3.8, 4) is 0 Å². The first-order valence-electron chi connectivity index (χ1n) is 8.99. The number of nitrogen functional groups attached to an aromatic ring is 1. The van der Waals surface area contributed by atoms with Gasteiger partial charge in [-0.3, -0.25) is 14.3 Å². The number of nitrogens with one attached hydrogen (secondary N) is 1. The van der Waals surface area contributed by atoms with Gasteiger partial charge in [0.25, 0.3) is 5.56 Å². The van der Waals surface area contributed by atoms with Gasteiger partial charge in [-0.1, -0.05) is 0 Å². The lowest BCUT2D eigenvalue weighted by Gasteiger charge is -2.18. The number of carbonyl (C=O) groups is 1. The summed E-state index contributed by atoms with van der Waals surface area (Å²) in [5.74, 6) is -0.892. The van der Waals surface area contributed by atoms with Crippen LogP contribution in [-0.2, 0) is 18.6 Å². The molecule has 1 aliphatic heterocycles. The first-order chi connectivity index (χ1) is 14.3. The number of aromatic nitrogens is 6. The number of nitrogens with zero attached hydrogens (tertiary/aromatic N) is 5. The van der Waals surface area contributed by atoms with Crippen molar-refractivity contribution in [2.24, 2.45) is 5.92 Å². The third kappa shape index (κ3) is 3.75. The molecular weight excluding hydrogens is 417 g/mol. The van der Waals surface area contributed by atoms with Crippen molar-refractivity contribution in [1.29, 1.82) is 0 Å². The topological polar surface area (TPSA) is 180 Å². The molecule has 1 aliphatic rings. The average Bonchev–Trinajstić information content (AvgIpc) is 3.41. The number of aliphatic hydroxyl groups is 1. The second kappa shape index (κ2) is 8.03. The molecule has 5 atom stereocenters. The molecule has 0 aromatic carbocycles. The second-order valence-corrected chi connectivity index (χ2v) is 8.07. The zero-order chi connectivity index (χ0) is 21.4. The molecule has 3 aromatic rings. The van der Waals surface area contributed by atoms with E-state index >= 15 is 0 Å². The normalized spacial score (nSPS) is 24.4. The fourth-order valence-electron chi connectivity index (χ4n) is 3.45. The van der Waals surface area contributed by atoms with Crippen molar-refractivity contribution in [3.63, 3.8) is 0 Å². The number of ether oxygens (including phenoxy) is 1. The third-order valence-corrected chi connectivity index (χ3v) is 5.78. The Kier molecular flexibility index (Phi) is 5.43. The summed E-state index contributed by atoms with van der Waals surface area (Å²) < 4.78 is 26.2. The first kappa shape index (κ1) is 20.3. The summed E-state index contributed by atoms with van der Waals surface area (Å²) in [5.41, 5.74) is 5.26. The van der Waals surface area contributed by atoms with Crippen LogP contribution in [0.25, 0.3) is 11.2 Å². The van der Waals surface area contributed by atoms with Gasteiger partial charge in [0.15, 0.2) is 17.4 Å². The van der Waals surface area contributed by atoms with Crippen molar-refractivity contribution in [2.75, 3.05) is 12.3 Å². The lowest BCUT2D eigenvalue weighted by molar-refractivity contribution is -0.119. The smallest absolute Gasteiger partial charge is 0.388 e. The number of imidazole rings is 2. The van der Waals surface area contributed by atoms with Crippen LogP contribution >= 0.6 is 8.18 Å². The molecule has 0 radical (unpaired) electrons. The lowest BCUT2D eigenvalue weighted by atomic mass is 9.93. The van der Waals surface area contributed by atoms with Gasteiger partial charge in [-0.05, 0) is 11.5 Å². The van der Waals surface area contributed by atoms with Crippen LogP contribution < -0.4 is 11.3 Å². The molecule has 1 saturated heterocycles. The van der Waals surface area contributed by atoms with E-state index in [9.17, 15) is 19.3 Å². The maximum Gasteiger partial charge on any atom is 0.651 e. The van der Waals surface area contributed by atoms with E-state index in [4.69, 9.17) is 15.0 Å². The van der Waals surface area contributed by atoms with E-state index in [1.54, 1.807) is 0 Å². The highest BCUT2D eigenvalue weighted by atomic mass is 31.1. The number of anilines is 1. The molecule has 0 amide bonds. The number of H-pyrrole nitrogens is 1. The monoisotopic (exact) mass is 436 g/mol. The minimum absolute atomic E-state index is 0.0241. The van der Waals surface area contributed by atoms with Crippen molar-refractivity contribution in [2.45, 2.75) is 31.8 Å². The van der Waals surface area contributed by atoms with Crippen molar-refractivity contribution in [3.05, 3.63) is 35.4 Å². The van der Waals surface area contributed by atoms with Gasteiger partial charge in [0.1, 0.15) is 24.8 Å². The molecule has 0 saturated carbocycles. The summed E-state index contributed by atoms with van der Waals surface area (Å²) in [7, 11) is -2.24. The van der Waals surface area contributed by atoms with Gasteiger partial charge in [0.05, 0.1) is 18.6 Å². The number of carbonyl (C=O) groups excluding carboxylic acids is 1. The molecule has 30 heavy (non-hydrogen) atoms. The molecule has 4 rings (SSSR count). The summed E-state index contributed by atoms with van der Waals surface area (Å²) in [6, 6.07) is 0. The summed E-state index contributed by atoms with van der Waals surface area (Å²) in [6.45, 7) is 1.26. The largest absolute Gasteiger partial charge is 0.651 e. The minimum Gasteiger partial charge on any atom is -0.388 e. The summed E-state index contributed by atoms with van der Waals surface area (Å²) in [5, 5.41) is 10.9. The molecule has 13 nitrogen and oxygen atoms in total. The maximum absolute atomic E-state index is 12.2. The Balaban J connectivity index is 1.60. The zero-order valence-corrected chi connectivity index (χ0v) is 16.7. The molecule has 0 aliphatic carbocycles. The fraction of sp³-hybridized carbons (Fsp3) is 0.438. The summed E-state index contributed by atoms with van der Waals surface area (Å²) >= 11 is 0. The van der Waals surface area contributed by atoms with E-state index in [1.807, 2.05) is 0 Å². The maximum atomic E-state index is 12.2. The first-order valence-corrected chi connectivity index (χ1v) is 10.1. The van der Waals surface area contributed by atoms with Crippen LogP contribution in [0.15, 0.2) is 29.8 Å². The predicted octanol–water partition coefficient (Wildman–Crippen LogP) is -0.0258. The number of aliphatic hydroxyl groups excluding tert-OH is 1. The van der Waals surface area contributed by atoms with Crippen LogP contribution in [0.3, 0.4) is 0 Å². The number of rotatable bonds is 7. The van der Waals surface area contributed by atoms with E-state index < -0.39 is 38.1 Å². The Morgan fingerprint density at radius 1 is 1.47 bits per heavy atom.